The molecule has 2 amide bonds. The Hall–Kier alpha value is -1.59. The second-order valence-electron chi connectivity index (χ2n) is 5.42. The van der Waals surface area contributed by atoms with E-state index < -0.39 is 5.97 Å². The third kappa shape index (κ3) is 4.21. The number of likely N-dealkylation sites (tertiary alicyclic amines) is 1. The molecule has 1 saturated heterocycles. The smallest absolute Gasteiger partial charge is 0.325 e. The number of nitrogens with zero attached hydrogens (tertiary/aromatic N) is 2. The molecule has 1 aliphatic heterocycles. The van der Waals surface area contributed by atoms with Gasteiger partial charge in [0.2, 0.25) is 11.8 Å². The van der Waals surface area contributed by atoms with Crippen molar-refractivity contribution >= 4 is 17.8 Å². The first-order valence-electron chi connectivity index (χ1n) is 6.99. The Morgan fingerprint density at radius 1 is 1.25 bits per heavy atom. The minimum Gasteiger partial charge on any atom is -0.468 e. The summed E-state index contributed by atoms with van der Waals surface area (Å²) in [6.45, 7) is 6.50. The van der Waals surface area contributed by atoms with Gasteiger partial charge in [-0.05, 0) is 26.7 Å². The average molecular weight is 284 g/mol. The highest BCUT2D eigenvalue weighted by atomic mass is 16.5. The normalized spacial score (nSPS) is 16.1. The first-order valence-corrected chi connectivity index (χ1v) is 6.99. The van der Waals surface area contributed by atoms with Gasteiger partial charge in [0.15, 0.2) is 0 Å². The average Bonchev–Trinajstić information content (AvgIpc) is 2.43. The Morgan fingerprint density at radius 2 is 1.80 bits per heavy atom. The Bertz CT molecular complexity index is 373. The van der Waals surface area contributed by atoms with Gasteiger partial charge >= 0.3 is 5.97 Å². The molecule has 0 aromatic heterocycles. The minimum atomic E-state index is -0.409. The zero-order valence-electron chi connectivity index (χ0n) is 12.7. The van der Waals surface area contributed by atoms with Crippen LogP contribution in [0.15, 0.2) is 0 Å². The lowest BCUT2D eigenvalue weighted by molar-refractivity contribution is -0.151. The first-order chi connectivity index (χ1) is 9.36. The van der Waals surface area contributed by atoms with Gasteiger partial charge in [0.1, 0.15) is 6.54 Å². The van der Waals surface area contributed by atoms with Crippen molar-refractivity contribution < 1.29 is 19.1 Å². The van der Waals surface area contributed by atoms with Crippen molar-refractivity contribution in [2.24, 2.45) is 5.92 Å². The second kappa shape index (κ2) is 7.26. The molecule has 20 heavy (non-hydrogen) atoms. The number of carbonyl (C=O) groups is 3. The first kappa shape index (κ1) is 16.5. The molecule has 0 spiro atoms. The van der Waals surface area contributed by atoms with Gasteiger partial charge in [-0.25, -0.2) is 0 Å². The maximum atomic E-state index is 12.5. The Kier molecular flexibility index (Phi) is 5.98. The summed E-state index contributed by atoms with van der Waals surface area (Å²) in [6, 6.07) is -0.0487. The highest BCUT2D eigenvalue weighted by Gasteiger charge is 2.31. The molecule has 0 bridgehead atoms. The van der Waals surface area contributed by atoms with Crippen LogP contribution in [0.2, 0.25) is 0 Å². The van der Waals surface area contributed by atoms with Crippen LogP contribution in [0.3, 0.4) is 0 Å². The van der Waals surface area contributed by atoms with Gasteiger partial charge in [0, 0.05) is 32.0 Å². The fraction of sp³-hybridized carbons (Fsp3) is 0.786. The van der Waals surface area contributed by atoms with E-state index in [1.54, 1.807) is 16.7 Å². The largest absolute Gasteiger partial charge is 0.468 e. The quantitative estimate of drug-likeness (QED) is 0.711. The number of rotatable bonds is 4. The molecule has 0 atom stereocenters. The van der Waals surface area contributed by atoms with Gasteiger partial charge in [-0.1, -0.05) is 0 Å². The van der Waals surface area contributed by atoms with Gasteiger partial charge < -0.3 is 14.5 Å². The van der Waals surface area contributed by atoms with Crippen LogP contribution in [0, 0.1) is 5.92 Å². The summed E-state index contributed by atoms with van der Waals surface area (Å²) in [5.41, 5.74) is 0. The van der Waals surface area contributed by atoms with Crippen LogP contribution in [-0.4, -0.2) is 60.4 Å². The summed E-state index contributed by atoms with van der Waals surface area (Å²) in [5, 5.41) is 0. The standard InChI is InChI=1S/C14H24N2O4/c1-10(2)16(9-13(18)20-4)14(19)12-5-7-15(8-6-12)11(3)17/h10,12H,5-9H2,1-4H3. The Labute approximate surface area is 120 Å². The maximum Gasteiger partial charge on any atom is 0.325 e. The molecule has 0 aliphatic carbocycles. The van der Waals surface area contributed by atoms with Crippen molar-refractivity contribution in [3.05, 3.63) is 0 Å². The number of esters is 1. The van der Waals surface area contributed by atoms with Crippen LogP contribution in [0.4, 0.5) is 0 Å². The van der Waals surface area contributed by atoms with E-state index in [0.29, 0.717) is 25.9 Å². The van der Waals surface area contributed by atoms with Crippen molar-refractivity contribution in [1.82, 2.24) is 9.80 Å². The van der Waals surface area contributed by atoms with E-state index in [4.69, 9.17) is 0 Å². The highest BCUT2D eigenvalue weighted by Crippen LogP contribution is 2.20. The Morgan fingerprint density at radius 3 is 2.20 bits per heavy atom. The second-order valence-corrected chi connectivity index (χ2v) is 5.42. The molecular formula is C14H24N2O4. The number of amides is 2. The van der Waals surface area contributed by atoms with Crippen molar-refractivity contribution in [3.8, 4) is 0 Å². The lowest BCUT2D eigenvalue weighted by Gasteiger charge is -2.35. The molecule has 6 heteroatoms. The Balaban J connectivity index is 2.62. The molecule has 0 unspecified atom stereocenters. The highest BCUT2D eigenvalue weighted by molar-refractivity contribution is 5.84. The van der Waals surface area contributed by atoms with Crippen molar-refractivity contribution in [1.29, 1.82) is 0 Å². The summed E-state index contributed by atoms with van der Waals surface area (Å²) in [5.74, 6) is -0.495. The van der Waals surface area contributed by atoms with Gasteiger partial charge in [-0.15, -0.1) is 0 Å². The van der Waals surface area contributed by atoms with E-state index >= 15 is 0 Å². The van der Waals surface area contributed by atoms with E-state index in [1.165, 1.54) is 7.11 Å². The lowest BCUT2D eigenvalue weighted by atomic mass is 9.94. The van der Waals surface area contributed by atoms with Crippen LogP contribution >= 0.6 is 0 Å². The number of hydrogen-bond donors (Lipinski definition) is 0. The fourth-order valence-electron chi connectivity index (χ4n) is 2.39. The lowest BCUT2D eigenvalue weighted by Crippen LogP contribution is -2.47. The third-order valence-electron chi connectivity index (χ3n) is 3.72. The van der Waals surface area contributed by atoms with Crippen LogP contribution < -0.4 is 0 Å². The number of ether oxygens (including phenoxy) is 1. The minimum absolute atomic E-state index is 0.0140. The third-order valence-corrected chi connectivity index (χ3v) is 3.72. The summed E-state index contributed by atoms with van der Waals surface area (Å²) in [7, 11) is 1.32. The number of piperidine rings is 1. The molecule has 1 aliphatic rings. The topological polar surface area (TPSA) is 66.9 Å². The van der Waals surface area contributed by atoms with Crippen LogP contribution in [0.1, 0.15) is 33.6 Å². The van der Waals surface area contributed by atoms with Gasteiger partial charge in [-0.2, -0.15) is 0 Å². The molecule has 6 nitrogen and oxygen atoms in total. The molecule has 114 valence electrons. The molecule has 1 heterocycles. The summed E-state index contributed by atoms with van der Waals surface area (Å²) < 4.78 is 4.63. The maximum absolute atomic E-state index is 12.5. The van der Waals surface area contributed by atoms with Crippen molar-refractivity contribution in [3.63, 3.8) is 0 Å². The SMILES string of the molecule is COC(=O)CN(C(=O)C1CCN(C(C)=O)CC1)C(C)C. The molecule has 1 rings (SSSR count). The predicted octanol–water partition coefficient (Wildman–Crippen LogP) is 0.655. The zero-order chi connectivity index (χ0) is 15.3. The van der Waals surface area contributed by atoms with E-state index in [1.807, 2.05) is 13.8 Å². The molecule has 0 saturated carbocycles. The van der Waals surface area contributed by atoms with Crippen LogP contribution in [0.25, 0.3) is 0 Å². The van der Waals surface area contributed by atoms with Gasteiger partial charge in [0.25, 0.3) is 0 Å². The number of carbonyl (C=O) groups excluding carboxylic acids is 3. The van der Waals surface area contributed by atoms with E-state index in [9.17, 15) is 14.4 Å². The molecule has 0 radical (unpaired) electrons. The summed E-state index contributed by atoms with van der Waals surface area (Å²) in [6.07, 6.45) is 1.31. The predicted molar refractivity (Wildman–Crippen MR) is 73.8 cm³/mol. The summed E-state index contributed by atoms with van der Waals surface area (Å²) in [4.78, 5) is 38.4. The van der Waals surface area contributed by atoms with Crippen molar-refractivity contribution in [2.45, 2.75) is 39.7 Å². The van der Waals surface area contributed by atoms with Gasteiger partial charge in [0.05, 0.1) is 7.11 Å². The van der Waals surface area contributed by atoms with Crippen molar-refractivity contribution in [2.75, 3.05) is 26.7 Å². The zero-order valence-corrected chi connectivity index (χ0v) is 12.7. The number of hydrogen-bond acceptors (Lipinski definition) is 4. The molecule has 0 aromatic carbocycles. The molecule has 1 fully saturated rings. The fourth-order valence-corrected chi connectivity index (χ4v) is 2.39. The van der Waals surface area contributed by atoms with E-state index in [2.05, 4.69) is 4.74 Å². The molecular weight excluding hydrogens is 260 g/mol. The monoisotopic (exact) mass is 284 g/mol. The number of methoxy groups -OCH3 is 1. The van der Waals surface area contributed by atoms with E-state index in [-0.39, 0.29) is 30.3 Å². The van der Waals surface area contributed by atoms with Crippen LogP contribution in [0.5, 0.6) is 0 Å². The van der Waals surface area contributed by atoms with E-state index in [0.717, 1.165) is 0 Å². The van der Waals surface area contributed by atoms with Crippen LogP contribution in [-0.2, 0) is 19.1 Å². The van der Waals surface area contributed by atoms with Gasteiger partial charge in [-0.3, -0.25) is 14.4 Å². The molecule has 0 aromatic rings. The molecule has 0 N–H and O–H groups in total. The summed E-state index contributed by atoms with van der Waals surface area (Å²) >= 11 is 0.